The van der Waals surface area contributed by atoms with Crippen LogP contribution >= 0.6 is 11.3 Å². The van der Waals surface area contributed by atoms with Crippen LogP contribution < -0.4 is 0 Å². The third-order valence-corrected chi connectivity index (χ3v) is 5.99. The zero-order valence-electron chi connectivity index (χ0n) is 12.3. The van der Waals surface area contributed by atoms with E-state index in [9.17, 15) is 0 Å². The van der Waals surface area contributed by atoms with Gasteiger partial charge < -0.3 is 0 Å². The van der Waals surface area contributed by atoms with E-state index in [2.05, 4.69) is 21.2 Å². The Morgan fingerprint density at radius 1 is 1.29 bits per heavy atom. The summed E-state index contributed by atoms with van der Waals surface area (Å²) in [5.41, 5.74) is 2.63. The molecule has 0 bridgehead atoms. The van der Waals surface area contributed by atoms with Crippen molar-refractivity contribution in [3.8, 4) is 0 Å². The van der Waals surface area contributed by atoms with Crippen LogP contribution in [0.3, 0.4) is 0 Å². The molecule has 4 rings (SSSR count). The Labute approximate surface area is 129 Å². The number of hydrogen-bond donors (Lipinski definition) is 1. The van der Waals surface area contributed by atoms with Crippen molar-refractivity contribution in [3.05, 3.63) is 33.5 Å². The molecule has 0 saturated carbocycles. The number of hydrogen-bond acceptors (Lipinski definition) is 4. The first-order chi connectivity index (χ1) is 10.4. The molecule has 1 N–H and O–H groups in total. The largest absolute Gasteiger partial charge is 0.297 e. The van der Waals surface area contributed by atoms with Crippen LogP contribution in [-0.2, 0) is 19.4 Å². The fraction of sp³-hybridized carbons (Fsp3) is 0.625. The molecule has 2 aromatic rings. The van der Waals surface area contributed by atoms with Crippen LogP contribution in [0.4, 0.5) is 0 Å². The lowest BCUT2D eigenvalue weighted by Gasteiger charge is -2.31. The van der Waals surface area contributed by atoms with Gasteiger partial charge in [-0.1, -0.05) is 0 Å². The molecule has 5 heteroatoms. The van der Waals surface area contributed by atoms with Crippen LogP contribution in [0.25, 0.3) is 0 Å². The molecule has 4 nitrogen and oxygen atoms in total. The van der Waals surface area contributed by atoms with E-state index in [1.54, 1.807) is 4.88 Å². The molecule has 0 amide bonds. The highest BCUT2D eigenvalue weighted by molar-refractivity contribution is 7.11. The van der Waals surface area contributed by atoms with E-state index in [1.807, 2.05) is 17.5 Å². The lowest BCUT2D eigenvalue weighted by Crippen LogP contribution is -2.34. The van der Waals surface area contributed by atoms with E-state index in [0.717, 1.165) is 13.1 Å². The highest BCUT2D eigenvalue weighted by Gasteiger charge is 2.26. The van der Waals surface area contributed by atoms with Crippen LogP contribution in [0.5, 0.6) is 0 Å². The number of aromatic nitrogens is 3. The summed E-state index contributed by atoms with van der Waals surface area (Å²) in [5, 5.41) is 8.52. The average molecular weight is 302 g/mol. The van der Waals surface area contributed by atoms with Crippen molar-refractivity contribution in [3.63, 3.8) is 0 Å². The Hall–Kier alpha value is -1.20. The summed E-state index contributed by atoms with van der Waals surface area (Å²) in [6.07, 6.45) is 9.56. The molecule has 0 unspecified atom stereocenters. The van der Waals surface area contributed by atoms with Crippen molar-refractivity contribution >= 4 is 11.3 Å². The third-order valence-electron chi connectivity index (χ3n) is 4.67. The van der Waals surface area contributed by atoms with E-state index in [1.165, 1.54) is 61.5 Å². The van der Waals surface area contributed by atoms with Gasteiger partial charge in [0.15, 0.2) is 0 Å². The Kier molecular flexibility index (Phi) is 3.78. The van der Waals surface area contributed by atoms with E-state index < -0.39 is 0 Å². The van der Waals surface area contributed by atoms with Crippen molar-refractivity contribution in [1.82, 2.24) is 20.1 Å². The van der Waals surface area contributed by atoms with Gasteiger partial charge in [-0.3, -0.25) is 10.00 Å². The first kappa shape index (κ1) is 13.5. The Balaban J connectivity index is 1.46. The Morgan fingerprint density at radius 3 is 3.10 bits per heavy atom. The maximum absolute atomic E-state index is 4.98. The van der Waals surface area contributed by atoms with Gasteiger partial charge in [0.25, 0.3) is 0 Å². The minimum absolute atomic E-state index is 0.636. The van der Waals surface area contributed by atoms with Crippen LogP contribution in [-0.4, -0.2) is 33.2 Å². The van der Waals surface area contributed by atoms with Crippen LogP contribution in [0, 0.1) is 0 Å². The number of fused-ring (bicyclic) bond motifs is 1. The summed E-state index contributed by atoms with van der Waals surface area (Å²) in [6.45, 7) is 3.33. The topological polar surface area (TPSA) is 44.8 Å². The number of piperidine rings is 1. The van der Waals surface area contributed by atoms with Crippen molar-refractivity contribution < 1.29 is 0 Å². The molecular weight excluding hydrogens is 280 g/mol. The van der Waals surface area contributed by atoms with Crippen molar-refractivity contribution in [2.75, 3.05) is 13.1 Å². The highest BCUT2D eigenvalue weighted by Crippen LogP contribution is 2.34. The molecule has 21 heavy (non-hydrogen) atoms. The number of thiazole rings is 1. The number of rotatable bonds is 3. The SMILES string of the molecule is c1cc(CN2CCC[C@@H](c3nc4c(s3)CCCC4)C2)[nH]n1. The standard InChI is InChI=1S/C16H22N4S/c1-2-6-15-14(5-1)18-16(21-15)12-4-3-9-20(10-12)11-13-7-8-17-19-13/h7-8,12H,1-6,9-11H2,(H,17,19)/t12-/m1/s1. The molecule has 2 aromatic heterocycles. The quantitative estimate of drug-likeness (QED) is 0.947. The van der Waals surface area contributed by atoms with Gasteiger partial charge in [0.1, 0.15) is 0 Å². The van der Waals surface area contributed by atoms with Crippen LogP contribution in [0.2, 0.25) is 0 Å². The smallest absolute Gasteiger partial charge is 0.0974 e. The molecule has 0 spiro atoms. The van der Waals surface area contributed by atoms with Gasteiger partial charge in [-0.15, -0.1) is 11.3 Å². The van der Waals surface area contributed by atoms with Crippen LogP contribution in [0.1, 0.15) is 52.9 Å². The molecule has 1 aliphatic carbocycles. The second kappa shape index (κ2) is 5.89. The van der Waals surface area contributed by atoms with E-state index in [4.69, 9.17) is 4.98 Å². The summed E-state index contributed by atoms with van der Waals surface area (Å²) in [6, 6.07) is 2.08. The normalized spacial score (nSPS) is 23.1. The van der Waals surface area contributed by atoms with E-state index in [0.29, 0.717) is 5.92 Å². The van der Waals surface area contributed by atoms with Crippen LogP contribution in [0.15, 0.2) is 12.3 Å². The van der Waals surface area contributed by atoms with Gasteiger partial charge in [0.05, 0.1) is 10.7 Å². The number of aryl methyl sites for hydroxylation is 2. The summed E-state index contributed by atoms with van der Waals surface area (Å²) >= 11 is 1.99. The maximum Gasteiger partial charge on any atom is 0.0974 e. The second-order valence-corrected chi connectivity index (χ2v) is 7.40. The summed E-state index contributed by atoms with van der Waals surface area (Å²) in [7, 11) is 0. The first-order valence-corrected chi connectivity index (χ1v) is 8.89. The number of nitrogens with one attached hydrogen (secondary N) is 1. The highest BCUT2D eigenvalue weighted by atomic mass is 32.1. The van der Waals surface area contributed by atoms with Gasteiger partial charge in [0.2, 0.25) is 0 Å². The predicted molar refractivity (Wildman–Crippen MR) is 84.6 cm³/mol. The van der Waals surface area contributed by atoms with E-state index >= 15 is 0 Å². The fourth-order valence-electron chi connectivity index (χ4n) is 3.56. The average Bonchev–Trinajstić information content (AvgIpc) is 3.16. The number of likely N-dealkylation sites (tertiary alicyclic amines) is 1. The Morgan fingerprint density at radius 2 is 2.24 bits per heavy atom. The van der Waals surface area contributed by atoms with Crippen molar-refractivity contribution in [2.24, 2.45) is 0 Å². The molecule has 1 aliphatic heterocycles. The Bertz CT molecular complexity index is 566. The summed E-state index contributed by atoms with van der Waals surface area (Å²) < 4.78 is 0. The zero-order chi connectivity index (χ0) is 14.1. The lowest BCUT2D eigenvalue weighted by atomic mass is 9.98. The molecule has 1 atom stereocenters. The van der Waals surface area contributed by atoms with Gasteiger partial charge in [-0.25, -0.2) is 4.98 Å². The third kappa shape index (κ3) is 2.90. The zero-order valence-corrected chi connectivity index (χ0v) is 13.2. The minimum Gasteiger partial charge on any atom is -0.297 e. The van der Waals surface area contributed by atoms with Crippen molar-refractivity contribution in [1.29, 1.82) is 0 Å². The molecule has 1 fully saturated rings. The molecule has 3 heterocycles. The lowest BCUT2D eigenvalue weighted by molar-refractivity contribution is 0.198. The maximum atomic E-state index is 4.98. The second-order valence-electron chi connectivity index (χ2n) is 6.29. The molecule has 0 aromatic carbocycles. The molecule has 0 radical (unpaired) electrons. The van der Waals surface area contributed by atoms with Gasteiger partial charge >= 0.3 is 0 Å². The number of aromatic amines is 1. The molecule has 1 saturated heterocycles. The predicted octanol–water partition coefficient (Wildman–Crippen LogP) is 3.12. The van der Waals surface area contributed by atoms with Gasteiger partial charge in [0, 0.05) is 35.8 Å². The monoisotopic (exact) mass is 302 g/mol. The number of nitrogens with zero attached hydrogens (tertiary/aromatic N) is 3. The van der Waals surface area contributed by atoms with Crippen molar-refractivity contribution in [2.45, 2.75) is 51.0 Å². The number of H-pyrrole nitrogens is 1. The minimum atomic E-state index is 0.636. The molecule has 2 aliphatic rings. The summed E-state index contributed by atoms with van der Waals surface area (Å²) in [5.74, 6) is 0.636. The molecule has 112 valence electrons. The summed E-state index contributed by atoms with van der Waals surface area (Å²) in [4.78, 5) is 9.09. The first-order valence-electron chi connectivity index (χ1n) is 8.07. The van der Waals surface area contributed by atoms with E-state index in [-0.39, 0.29) is 0 Å². The van der Waals surface area contributed by atoms with Gasteiger partial charge in [-0.2, -0.15) is 5.10 Å². The van der Waals surface area contributed by atoms with Gasteiger partial charge in [-0.05, 0) is 51.1 Å². The fourth-order valence-corrected chi connectivity index (χ4v) is 4.84. The molecular formula is C16H22N4S.